The summed E-state index contributed by atoms with van der Waals surface area (Å²) in [5, 5.41) is 0. The van der Waals surface area contributed by atoms with Crippen molar-refractivity contribution in [2.24, 2.45) is 35.5 Å². The van der Waals surface area contributed by atoms with E-state index in [1.54, 1.807) is 0 Å². The highest BCUT2D eigenvalue weighted by Crippen LogP contribution is 2.53. The van der Waals surface area contributed by atoms with Crippen LogP contribution < -0.4 is 0 Å². The Bertz CT molecular complexity index is 460. The third-order valence-electron chi connectivity index (χ3n) is 5.06. The summed E-state index contributed by atoms with van der Waals surface area (Å²) in [6.45, 7) is 14.2. The van der Waals surface area contributed by atoms with Crippen LogP contribution in [0.15, 0.2) is 0 Å². The van der Waals surface area contributed by atoms with Gasteiger partial charge in [-0.15, -0.1) is 0 Å². The zero-order chi connectivity index (χ0) is 17.5. The number of ether oxygens (including phenoxy) is 2. The highest BCUT2D eigenvalue weighted by Gasteiger charge is 2.58. The molecule has 4 unspecified atom stereocenters. The number of rotatable bonds is 4. The second-order valence-electron chi connectivity index (χ2n) is 8.99. The summed E-state index contributed by atoms with van der Waals surface area (Å²) < 4.78 is 11.3. The summed E-state index contributed by atoms with van der Waals surface area (Å²) in [7, 11) is 0. The summed E-state index contributed by atoms with van der Waals surface area (Å²) in [5.41, 5.74) is -0.492. The van der Waals surface area contributed by atoms with Crippen molar-refractivity contribution in [2.45, 2.75) is 73.0 Å². The topological polar surface area (TPSA) is 52.6 Å². The lowest BCUT2D eigenvalue weighted by atomic mass is 9.76. The molecule has 1 aliphatic carbocycles. The maximum absolute atomic E-state index is 12.7. The first-order chi connectivity index (χ1) is 10.5. The Hall–Kier alpha value is -1.06. The van der Waals surface area contributed by atoms with Gasteiger partial charge < -0.3 is 9.47 Å². The Balaban J connectivity index is 2.24. The van der Waals surface area contributed by atoms with Gasteiger partial charge in [-0.05, 0) is 51.4 Å². The van der Waals surface area contributed by atoms with E-state index in [-0.39, 0.29) is 41.7 Å². The SMILES string of the molecule is CC(C)C[C@H]1OC(=O)C2CC(C(=O)OC(C)(C)C)C(C(C)C)C21. The Morgan fingerprint density at radius 3 is 2.35 bits per heavy atom. The zero-order valence-electron chi connectivity index (χ0n) is 15.6. The van der Waals surface area contributed by atoms with E-state index in [0.29, 0.717) is 18.3 Å². The van der Waals surface area contributed by atoms with Crippen molar-refractivity contribution in [3.8, 4) is 0 Å². The van der Waals surface area contributed by atoms with Gasteiger partial charge in [0.05, 0.1) is 11.8 Å². The van der Waals surface area contributed by atoms with Crippen molar-refractivity contribution in [1.29, 1.82) is 0 Å². The average molecular weight is 324 g/mol. The molecule has 2 aliphatic rings. The fourth-order valence-corrected chi connectivity index (χ4v) is 4.41. The molecule has 5 atom stereocenters. The van der Waals surface area contributed by atoms with E-state index in [2.05, 4.69) is 27.7 Å². The monoisotopic (exact) mass is 324 g/mol. The largest absolute Gasteiger partial charge is 0.462 e. The van der Waals surface area contributed by atoms with Crippen LogP contribution in [0.2, 0.25) is 0 Å². The molecule has 132 valence electrons. The van der Waals surface area contributed by atoms with E-state index in [1.165, 1.54) is 0 Å². The zero-order valence-corrected chi connectivity index (χ0v) is 15.6. The first kappa shape index (κ1) is 18.3. The molecule has 0 aromatic heterocycles. The van der Waals surface area contributed by atoms with Crippen molar-refractivity contribution >= 4 is 11.9 Å². The molecule has 1 aliphatic heterocycles. The summed E-state index contributed by atoms with van der Waals surface area (Å²) in [4.78, 5) is 25.0. The summed E-state index contributed by atoms with van der Waals surface area (Å²) in [5.74, 6) is 0.522. The van der Waals surface area contributed by atoms with Crippen LogP contribution in [0.3, 0.4) is 0 Å². The molecule has 1 saturated carbocycles. The molecule has 4 nitrogen and oxygen atoms in total. The number of hydrogen-bond acceptors (Lipinski definition) is 4. The molecule has 1 saturated heterocycles. The minimum atomic E-state index is -0.492. The summed E-state index contributed by atoms with van der Waals surface area (Å²) >= 11 is 0. The minimum absolute atomic E-state index is 0.0488. The fraction of sp³-hybridized carbons (Fsp3) is 0.895. The smallest absolute Gasteiger partial charge is 0.309 e. The molecule has 23 heavy (non-hydrogen) atoms. The third kappa shape index (κ3) is 3.89. The molecule has 0 N–H and O–H groups in total. The second kappa shape index (κ2) is 6.45. The van der Waals surface area contributed by atoms with Gasteiger partial charge in [0.25, 0.3) is 0 Å². The van der Waals surface area contributed by atoms with Crippen LogP contribution in [-0.4, -0.2) is 23.6 Å². The maximum Gasteiger partial charge on any atom is 0.309 e. The number of esters is 2. The van der Waals surface area contributed by atoms with Crippen molar-refractivity contribution in [3.05, 3.63) is 0 Å². The van der Waals surface area contributed by atoms with Gasteiger partial charge in [-0.3, -0.25) is 9.59 Å². The third-order valence-corrected chi connectivity index (χ3v) is 5.06. The van der Waals surface area contributed by atoms with Crippen molar-refractivity contribution in [2.75, 3.05) is 0 Å². The average Bonchev–Trinajstić information content (AvgIpc) is 2.86. The Labute approximate surface area is 140 Å². The number of carbonyl (C=O) groups is 2. The maximum atomic E-state index is 12.7. The lowest BCUT2D eigenvalue weighted by Gasteiger charge is -2.31. The number of fused-ring (bicyclic) bond motifs is 1. The molecular weight excluding hydrogens is 292 g/mol. The number of hydrogen-bond donors (Lipinski definition) is 0. The van der Waals surface area contributed by atoms with Crippen LogP contribution in [-0.2, 0) is 19.1 Å². The van der Waals surface area contributed by atoms with Gasteiger partial charge in [-0.1, -0.05) is 27.7 Å². The normalized spacial score (nSPS) is 34.0. The molecule has 0 spiro atoms. The highest BCUT2D eigenvalue weighted by atomic mass is 16.6. The Kier molecular flexibility index (Phi) is 5.12. The van der Waals surface area contributed by atoms with Crippen LogP contribution in [0.5, 0.6) is 0 Å². The predicted octanol–water partition coefficient (Wildman–Crippen LogP) is 3.82. The van der Waals surface area contributed by atoms with Gasteiger partial charge >= 0.3 is 11.9 Å². The molecule has 0 aromatic carbocycles. The fourth-order valence-electron chi connectivity index (χ4n) is 4.41. The van der Waals surface area contributed by atoms with Crippen molar-refractivity contribution in [3.63, 3.8) is 0 Å². The van der Waals surface area contributed by atoms with Crippen molar-refractivity contribution in [1.82, 2.24) is 0 Å². The molecule has 0 amide bonds. The first-order valence-electron chi connectivity index (χ1n) is 8.94. The lowest BCUT2D eigenvalue weighted by molar-refractivity contribution is -0.163. The van der Waals surface area contributed by atoms with E-state index < -0.39 is 5.60 Å². The Morgan fingerprint density at radius 1 is 1.26 bits per heavy atom. The van der Waals surface area contributed by atoms with Gasteiger partial charge in [0, 0.05) is 5.92 Å². The molecule has 4 heteroatoms. The van der Waals surface area contributed by atoms with Crippen LogP contribution in [0.4, 0.5) is 0 Å². The van der Waals surface area contributed by atoms with Crippen LogP contribution in [0.25, 0.3) is 0 Å². The van der Waals surface area contributed by atoms with Crippen LogP contribution in [0.1, 0.15) is 61.3 Å². The highest BCUT2D eigenvalue weighted by molar-refractivity contribution is 5.80. The van der Waals surface area contributed by atoms with Crippen LogP contribution >= 0.6 is 0 Å². The van der Waals surface area contributed by atoms with Gasteiger partial charge in [0.1, 0.15) is 11.7 Å². The van der Waals surface area contributed by atoms with Gasteiger partial charge in [-0.25, -0.2) is 0 Å². The Morgan fingerprint density at radius 2 is 1.87 bits per heavy atom. The molecule has 0 aromatic rings. The lowest BCUT2D eigenvalue weighted by Crippen LogP contribution is -2.36. The van der Waals surface area contributed by atoms with E-state index in [1.807, 2.05) is 20.8 Å². The quantitative estimate of drug-likeness (QED) is 0.738. The first-order valence-corrected chi connectivity index (χ1v) is 8.94. The number of carbonyl (C=O) groups excluding carboxylic acids is 2. The van der Waals surface area contributed by atoms with Gasteiger partial charge in [0.15, 0.2) is 0 Å². The predicted molar refractivity (Wildman–Crippen MR) is 88.6 cm³/mol. The van der Waals surface area contributed by atoms with Gasteiger partial charge in [0.2, 0.25) is 0 Å². The summed E-state index contributed by atoms with van der Waals surface area (Å²) in [6, 6.07) is 0. The minimum Gasteiger partial charge on any atom is -0.462 e. The van der Waals surface area contributed by atoms with Crippen molar-refractivity contribution < 1.29 is 19.1 Å². The molecule has 2 rings (SSSR count). The molecule has 0 radical (unpaired) electrons. The molecule has 0 bridgehead atoms. The van der Waals surface area contributed by atoms with E-state index in [0.717, 1.165) is 6.42 Å². The van der Waals surface area contributed by atoms with Gasteiger partial charge in [-0.2, -0.15) is 0 Å². The van der Waals surface area contributed by atoms with Crippen LogP contribution in [0, 0.1) is 35.5 Å². The molecule has 1 heterocycles. The number of cyclic esters (lactones) is 1. The molecule has 2 fully saturated rings. The summed E-state index contributed by atoms with van der Waals surface area (Å²) in [6.07, 6.45) is 1.40. The second-order valence-corrected chi connectivity index (χ2v) is 8.99. The van der Waals surface area contributed by atoms with E-state index >= 15 is 0 Å². The van der Waals surface area contributed by atoms with E-state index in [9.17, 15) is 9.59 Å². The standard InChI is InChI=1S/C19H32O4/c1-10(2)8-14-16-13(17(20)22-14)9-12(15(16)11(3)4)18(21)23-19(5,6)7/h10-16H,8-9H2,1-7H3/t12?,13?,14-,15?,16?/m1/s1. The molecular formula is C19H32O4. The van der Waals surface area contributed by atoms with E-state index in [4.69, 9.17) is 9.47 Å².